The summed E-state index contributed by atoms with van der Waals surface area (Å²) in [5.74, 6) is 0.521. The van der Waals surface area contributed by atoms with Crippen molar-refractivity contribution in [3.63, 3.8) is 0 Å². The lowest BCUT2D eigenvalue weighted by Gasteiger charge is -2.14. The molecule has 0 amide bonds. The van der Waals surface area contributed by atoms with Gasteiger partial charge in [-0.1, -0.05) is 6.07 Å². The normalized spacial score (nSPS) is 17.5. The van der Waals surface area contributed by atoms with Crippen LogP contribution in [-0.2, 0) is 0 Å². The van der Waals surface area contributed by atoms with Crippen LogP contribution in [0.1, 0.15) is 40.4 Å². The van der Waals surface area contributed by atoms with Crippen molar-refractivity contribution >= 4 is 6.29 Å². The Kier molecular flexibility index (Phi) is 2.49. The fraction of sp³-hybridized carbons (Fsp3) is 0.417. The smallest absolute Gasteiger partial charge is 0.153 e. The van der Waals surface area contributed by atoms with Gasteiger partial charge in [-0.05, 0) is 37.3 Å². The van der Waals surface area contributed by atoms with E-state index in [-0.39, 0.29) is 11.8 Å². The van der Waals surface area contributed by atoms with E-state index in [1.165, 1.54) is 0 Å². The molecular weight excluding hydrogens is 190 g/mol. The van der Waals surface area contributed by atoms with Gasteiger partial charge in [-0.2, -0.15) is 0 Å². The molecule has 1 atom stereocenters. The van der Waals surface area contributed by atoms with Crippen LogP contribution in [0.3, 0.4) is 0 Å². The number of carbonyl (C=O) groups is 1. The van der Waals surface area contributed by atoms with Crippen LogP contribution in [0.25, 0.3) is 0 Å². The van der Waals surface area contributed by atoms with E-state index in [0.717, 1.165) is 18.4 Å². The van der Waals surface area contributed by atoms with Crippen molar-refractivity contribution in [2.24, 2.45) is 11.7 Å². The van der Waals surface area contributed by atoms with Gasteiger partial charge in [0.25, 0.3) is 0 Å². The third-order valence-electron chi connectivity index (χ3n) is 2.93. The van der Waals surface area contributed by atoms with Gasteiger partial charge in [0, 0.05) is 11.6 Å². The highest BCUT2D eigenvalue weighted by Gasteiger charge is 2.31. The molecule has 0 bridgehead atoms. The van der Waals surface area contributed by atoms with Gasteiger partial charge in [-0.3, -0.25) is 4.79 Å². The molecule has 1 aromatic carbocycles. The van der Waals surface area contributed by atoms with Crippen LogP contribution in [0.5, 0.6) is 5.75 Å². The number of phenolic OH excluding ortho intramolecular Hbond substituents is 1. The molecule has 3 nitrogen and oxygen atoms in total. The first-order valence-electron chi connectivity index (χ1n) is 5.17. The lowest BCUT2D eigenvalue weighted by Crippen LogP contribution is -2.13. The molecule has 3 heteroatoms. The summed E-state index contributed by atoms with van der Waals surface area (Å²) >= 11 is 0. The Balaban J connectivity index is 2.44. The van der Waals surface area contributed by atoms with Crippen molar-refractivity contribution in [1.82, 2.24) is 0 Å². The molecule has 1 aliphatic carbocycles. The summed E-state index contributed by atoms with van der Waals surface area (Å²) in [7, 11) is 0. The zero-order chi connectivity index (χ0) is 11.0. The number of phenols is 1. The van der Waals surface area contributed by atoms with Crippen LogP contribution in [0.15, 0.2) is 12.1 Å². The lowest BCUT2D eigenvalue weighted by atomic mass is 9.97. The minimum absolute atomic E-state index is 0.0509. The fourth-order valence-corrected chi connectivity index (χ4v) is 1.89. The van der Waals surface area contributed by atoms with E-state index in [0.29, 0.717) is 23.3 Å². The standard InChI is InChI=1S/C12H15NO2/c1-7-4-9(6-14)12(15)10(5-7)11(13)8-2-3-8/h4-6,8,11,15H,2-3,13H2,1H3. The van der Waals surface area contributed by atoms with Crippen LogP contribution in [-0.4, -0.2) is 11.4 Å². The first-order valence-corrected chi connectivity index (χ1v) is 5.17. The minimum atomic E-state index is -0.136. The molecule has 0 aromatic heterocycles. The van der Waals surface area contributed by atoms with Gasteiger partial charge in [-0.25, -0.2) is 0 Å². The summed E-state index contributed by atoms with van der Waals surface area (Å²) in [6, 6.07) is 3.40. The second-order valence-electron chi connectivity index (χ2n) is 4.27. The third kappa shape index (κ3) is 1.88. The van der Waals surface area contributed by atoms with E-state index >= 15 is 0 Å². The molecule has 0 saturated heterocycles. The number of hydrogen-bond acceptors (Lipinski definition) is 3. The second-order valence-corrected chi connectivity index (χ2v) is 4.27. The van der Waals surface area contributed by atoms with Crippen molar-refractivity contribution in [2.45, 2.75) is 25.8 Å². The Bertz CT molecular complexity index is 397. The maximum atomic E-state index is 10.7. The van der Waals surface area contributed by atoms with Crippen LogP contribution < -0.4 is 5.73 Å². The minimum Gasteiger partial charge on any atom is -0.507 e. The van der Waals surface area contributed by atoms with Crippen LogP contribution in [0, 0.1) is 12.8 Å². The molecule has 1 unspecified atom stereocenters. The Hall–Kier alpha value is -1.35. The van der Waals surface area contributed by atoms with Crippen LogP contribution in [0.4, 0.5) is 0 Å². The van der Waals surface area contributed by atoms with Crippen molar-refractivity contribution in [3.05, 3.63) is 28.8 Å². The molecule has 1 aliphatic rings. The van der Waals surface area contributed by atoms with Crippen LogP contribution in [0.2, 0.25) is 0 Å². The monoisotopic (exact) mass is 205 g/mol. The Labute approximate surface area is 88.9 Å². The molecule has 0 radical (unpaired) electrons. The molecule has 1 fully saturated rings. The molecule has 0 spiro atoms. The summed E-state index contributed by atoms with van der Waals surface area (Å²) in [5, 5.41) is 9.85. The van der Waals surface area contributed by atoms with Gasteiger partial charge in [0.05, 0.1) is 5.56 Å². The molecule has 0 aliphatic heterocycles. The zero-order valence-electron chi connectivity index (χ0n) is 8.73. The average Bonchev–Trinajstić information content (AvgIpc) is 3.03. The molecule has 80 valence electrons. The molecular formula is C12H15NO2. The highest BCUT2D eigenvalue weighted by Crippen LogP contribution is 2.42. The number of hydrogen-bond donors (Lipinski definition) is 2. The predicted octanol–water partition coefficient (Wildman–Crippen LogP) is 1.92. The van der Waals surface area contributed by atoms with Gasteiger partial charge in [0.1, 0.15) is 5.75 Å². The average molecular weight is 205 g/mol. The quantitative estimate of drug-likeness (QED) is 0.741. The molecule has 1 aromatic rings. The highest BCUT2D eigenvalue weighted by atomic mass is 16.3. The molecule has 3 N–H and O–H groups in total. The van der Waals surface area contributed by atoms with Gasteiger partial charge < -0.3 is 10.8 Å². The van der Waals surface area contributed by atoms with Crippen molar-refractivity contribution < 1.29 is 9.90 Å². The van der Waals surface area contributed by atoms with E-state index < -0.39 is 0 Å². The summed E-state index contributed by atoms with van der Waals surface area (Å²) in [5.41, 5.74) is 8.02. The second kappa shape index (κ2) is 3.66. The fourth-order valence-electron chi connectivity index (χ4n) is 1.89. The number of aldehydes is 1. The van der Waals surface area contributed by atoms with Crippen molar-refractivity contribution in [3.8, 4) is 5.75 Å². The molecule has 1 saturated carbocycles. The predicted molar refractivity (Wildman–Crippen MR) is 57.9 cm³/mol. The Morgan fingerprint density at radius 3 is 2.73 bits per heavy atom. The third-order valence-corrected chi connectivity index (χ3v) is 2.93. The number of aryl methyl sites for hydroxylation is 1. The van der Waals surface area contributed by atoms with E-state index in [1.807, 2.05) is 13.0 Å². The number of rotatable bonds is 3. The van der Waals surface area contributed by atoms with Crippen molar-refractivity contribution in [2.75, 3.05) is 0 Å². The van der Waals surface area contributed by atoms with Crippen molar-refractivity contribution in [1.29, 1.82) is 0 Å². The largest absolute Gasteiger partial charge is 0.507 e. The summed E-state index contributed by atoms with van der Waals surface area (Å²) in [4.78, 5) is 10.7. The van der Waals surface area contributed by atoms with E-state index in [1.54, 1.807) is 6.07 Å². The van der Waals surface area contributed by atoms with E-state index in [4.69, 9.17) is 5.73 Å². The number of benzene rings is 1. The lowest BCUT2D eigenvalue weighted by molar-refractivity contribution is 0.112. The SMILES string of the molecule is Cc1cc(C=O)c(O)c(C(N)C2CC2)c1. The number of nitrogens with two attached hydrogens (primary N) is 1. The Morgan fingerprint density at radius 1 is 1.53 bits per heavy atom. The summed E-state index contributed by atoms with van der Waals surface area (Å²) < 4.78 is 0. The van der Waals surface area contributed by atoms with Gasteiger partial charge in [0.2, 0.25) is 0 Å². The van der Waals surface area contributed by atoms with Gasteiger partial charge in [0.15, 0.2) is 6.29 Å². The number of carbonyl (C=O) groups excluding carboxylic acids is 1. The first kappa shape index (κ1) is 10.2. The summed E-state index contributed by atoms with van der Waals surface area (Å²) in [6.45, 7) is 1.90. The molecule has 0 heterocycles. The zero-order valence-corrected chi connectivity index (χ0v) is 8.73. The van der Waals surface area contributed by atoms with Gasteiger partial charge in [-0.15, -0.1) is 0 Å². The maximum absolute atomic E-state index is 10.7. The number of aromatic hydroxyl groups is 1. The molecule has 15 heavy (non-hydrogen) atoms. The van der Waals surface area contributed by atoms with E-state index in [9.17, 15) is 9.90 Å². The van der Waals surface area contributed by atoms with E-state index in [2.05, 4.69) is 0 Å². The summed E-state index contributed by atoms with van der Waals surface area (Å²) in [6.07, 6.45) is 2.90. The van der Waals surface area contributed by atoms with Crippen LogP contribution >= 0.6 is 0 Å². The first-order chi connectivity index (χ1) is 7.13. The van der Waals surface area contributed by atoms with Gasteiger partial charge >= 0.3 is 0 Å². The highest BCUT2D eigenvalue weighted by molar-refractivity contribution is 5.80. The topological polar surface area (TPSA) is 63.3 Å². The molecule has 2 rings (SSSR count). The Morgan fingerprint density at radius 2 is 2.20 bits per heavy atom. The maximum Gasteiger partial charge on any atom is 0.153 e.